The fourth-order valence-corrected chi connectivity index (χ4v) is 5.63. The van der Waals surface area contributed by atoms with Crippen LogP contribution in [0.25, 0.3) is 0 Å². The molecule has 162 valence electrons. The van der Waals surface area contributed by atoms with Crippen molar-refractivity contribution in [1.29, 1.82) is 0 Å². The Morgan fingerprint density at radius 3 is 2.77 bits per heavy atom. The number of carbonyl (C=O) groups is 2. The molecule has 4 atom stereocenters. The van der Waals surface area contributed by atoms with E-state index in [0.717, 1.165) is 31.2 Å². The molecule has 0 aliphatic carbocycles. The molecular weight excluding hydrogens is 382 g/mol. The van der Waals surface area contributed by atoms with Gasteiger partial charge in [0.05, 0.1) is 31.0 Å². The van der Waals surface area contributed by atoms with E-state index in [1.165, 1.54) is 19.3 Å². The number of aryl methyl sites for hydroxylation is 1. The highest BCUT2D eigenvalue weighted by molar-refractivity contribution is 5.93. The first kappa shape index (κ1) is 19.8. The van der Waals surface area contributed by atoms with Crippen molar-refractivity contribution in [3.8, 4) is 0 Å². The Morgan fingerprint density at radius 2 is 2.03 bits per heavy atom. The van der Waals surface area contributed by atoms with Gasteiger partial charge in [0.25, 0.3) is 0 Å². The van der Waals surface area contributed by atoms with Gasteiger partial charge in [-0.25, -0.2) is 0 Å². The van der Waals surface area contributed by atoms with Gasteiger partial charge in [-0.05, 0) is 45.0 Å². The number of amides is 2. The highest BCUT2D eigenvalue weighted by atomic mass is 16.5. The van der Waals surface area contributed by atoms with Gasteiger partial charge < -0.3 is 23.9 Å². The zero-order valence-corrected chi connectivity index (χ0v) is 17.9. The molecular formula is C23H31N3O4. The Morgan fingerprint density at radius 1 is 1.23 bits per heavy atom. The molecule has 2 bridgehead atoms. The molecule has 1 aromatic rings. The number of ether oxygens (including phenoxy) is 1. The van der Waals surface area contributed by atoms with E-state index in [2.05, 4.69) is 4.90 Å². The maximum absolute atomic E-state index is 13.3. The molecule has 3 fully saturated rings. The third-order valence-electron chi connectivity index (χ3n) is 7.16. The second kappa shape index (κ2) is 7.54. The molecule has 5 heterocycles. The molecule has 2 amide bonds. The Labute approximate surface area is 177 Å². The standard InChI is InChI=1S/C23H31N3O4/c1-16-6-7-17(29-16)14-24(2)21(27)19-18-8-9-23(30-18)15-26(22(28)20(19)23)13-12-25-10-4-3-5-11-25/h6-9,18-20H,3-5,10-15H2,1-2H3. The highest BCUT2D eigenvalue weighted by Crippen LogP contribution is 2.52. The van der Waals surface area contributed by atoms with E-state index < -0.39 is 17.4 Å². The molecule has 4 aliphatic heterocycles. The summed E-state index contributed by atoms with van der Waals surface area (Å²) in [5.74, 6) is 0.728. The number of carbonyl (C=O) groups excluding carboxylic acids is 2. The minimum atomic E-state index is -0.633. The molecule has 1 spiro atoms. The van der Waals surface area contributed by atoms with Crippen molar-refractivity contribution < 1.29 is 18.7 Å². The third kappa shape index (κ3) is 3.28. The Kier molecular flexibility index (Phi) is 4.98. The minimum absolute atomic E-state index is 0.0449. The van der Waals surface area contributed by atoms with Gasteiger partial charge >= 0.3 is 0 Å². The van der Waals surface area contributed by atoms with Crippen LogP contribution >= 0.6 is 0 Å². The van der Waals surface area contributed by atoms with Crippen molar-refractivity contribution in [3.63, 3.8) is 0 Å². The quantitative estimate of drug-likeness (QED) is 0.666. The fourth-order valence-electron chi connectivity index (χ4n) is 5.63. The average Bonchev–Trinajstić information content (AvgIpc) is 3.48. The molecule has 30 heavy (non-hydrogen) atoms. The van der Waals surface area contributed by atoms with E-state index in [-0.39, 0.29) is 17.9 Å². The fraction of sp³-hybridized carbons (Fsp3) is 0.652. The van der Waals surface area contributed by atoms with Gasteiger partial charge in [0, 0.05) is 20.1 Å². The average molecular weight is 414 g/mol. The van der Waals surface area contributed by atoms with Crippen molar-refractivity contribution in [2.45, 2.75) is 44.4 Å². The van der Waals surface area contributed by atoms with Crippen LogP contribution in [-0.2, 0) is 20.9 Å². The van der Waals surface area contributed by atoms with Crippen molar-refractivity contribution in [1.82, 2.24) is 14.7 Å². The van der Waals surface area contributed by atoms with Crippen LogP contribution in [0.5, 0.6) is 0 Å². The first-order valence-corrected chi connectivity index (χ1v) is 11.2. The number of hydrogen-bond donors (Lipinski definition) is 0. The van der Waals surface area contributed by atoms with Crippen LogP contribution in [0.3, 0.4) is 0 Å². The topological polar surface area (TPSA) is 66.2 Å². The zero-order valence-electron chi connectivity index (χ0n) is 17.9. The summed E-state index contributed by atoms with van der Waals surface area (Å²) in [6.07, 6.45) is 7.49. The van der Waals surface area contributed by atoms with Gasteiger partial charge in [-0.1, -0.05) is 18.6 Å². The summed E-state index contributed by atoms with van der Waals surface area (Å²) in [6.45, 7) is 6.69. The smallest absolute Gasteiger partial charge is 0.230 e. The van der Waals surface area contributed by atoms with Gasteiger partial charge in [0.15, 0.2) is 0 Å². The van der Waals surface area contributed by atoms with Crippen LogP contribution in [0.15, 0.2) is 28.7 Å². The van der Waals surface area contributed by atoms with Crippen LogP contribution in [0.1, 0.15) is 30.8 Å². The van der Waals surface area contributed by atoms with Crippen molar-refractivity contribution in [2.24, 2.45) is 11.8 Å². The Bertz CT molecular complexity index is 858. The predicted molar refractivity (Wildman–Crippen MR) is 111 cm³/mol. The lowest BCUT2D eigenvalue weighted by molar-refractivity contribution is -0.142. The first-order valence-electron chi connectivity index (χ1n) is 11.2. The zero-order chi connectivity index (χ0) is 20.9. The summed E-state index contributed by atoms with van der Waals surface area (Å²) < 4.78 is 11.9. The number of hydrogen-bond acceptors (Lipinski definition) is 5. The van der Waals surface area contributed by atoms with E-state index in [4.69, 9.17) is 9.15 Å². The molecule has 1 aromatic heterocycles. The van der Waals surface area contributed by atoms with Crippen LogP contribution < -0.4 is 0 Å². The molecule has 4 unspecified atom stereocenters. The summed E-state index contributed by atoms with van der Waals surface area (Å²) in [4.78, 5) is 32.7. The number of nitrogens with zero attached hydrogens (tertiary/aromatic N) is 3. The molecule has 7 nitrogen and oxygen atoms in total. The second-order valence-corrected chi connectivity index (χ2v) is 9.27. The van der Waals surface area contributed by atoms with Gasteiger partial charge in [-0.2, -0.15) is 0 Å². The first-order chi connectivity index (χ1) is 14.5. The molecule has 7 heteroatoms. The Balaban J connectivity index is 1.27. The summed E-state index contributed by atoms with van der Waals surface area (Å²) in [5.41, 5.74) is -0.633. The summed E-state index contributed by atoms with van der Waals surface area (Å²) >= 11 is 0. The number of furan rings is 1. The summed E-state index contributed by atoms with van der Waals surface area (Å²) in [7, 11) is 1.77. The van der Waals surface area contributed by atoms with Crippen molar-refractivity contribution in [3.05, 3.63) is 35.8 Å². The maximum atomic E-state index is 13.3. The van der Waals surface area contributed by atoms with Crippen molar-refractivity contribution >= 4 is 11.8 Å². The SMILES string of the molecule is Cc1ccc(CN(C)C(=O)C2C3C=CC4(CN(CCN5CCCCC5)C(=O)C24)O3)o1. The van der Waals surface area contributed by atoms with Crippen LogP contribution in [0.2, 0.25) is 0 Å². The highest BCUT2D eigenvalue weighted by Gasteiger charge is 2.67. The molecule has 0 N–H and O–H groups in total. The number of likely N-dealkylation sites (tertiary alicyclic amines) is 2. The molecule has 0 saturated carbocycles. The molecule has 5 rings (SSSR count). The molecule has 3 saturated heterocycles. The Hall–Kier alpha value is -2.12. The summed E-state index contributed by atoms with van der Waals surface area (Å²) in [5, 5.41) is 0. The molecule has 4 aliphatic rings. The number of rotatable bonds is 6. The van der Waals surface area contributed by atoms with Gasteiger partial charge in [0.2, 0.25) is 11.8 Å². The van der Waals surface area contributed by atoms with Crippen LogP contribution in [-0.4, -0.2) is 78.0 Å². The van der Waals surface area contributed by atoms with Crippen LogP contribution in [0.4, 0.5) is 0 Å². The van der Waals surface area contributed by atoms with Gasteiger partial charge in [-0.15, -0.1) is 0 Å². The maximum Gasteiger partial charge on any atom is 0.230 e. The normalized spacial score (nSPS) is 32.8. The van der Waals surface area contributed by atoms with Crippen molar-refractivity contribution in [2.75, 3.05) is 39.8 Å². The van der Waals surface area contributed by atoms with Gasteiger partial charge in [0.1, 0.15) is 17.1 Å². The van der Waals surface area contributed by atoms with E-state index in [1.54, 1.807) is 11.9 Å². The molecule has 0 radical (unpaired) electrons. The number of fused-ring (bicyclic) bond motifs is 1. The lowest BCUT2D eigenvalue weighted by Gasteiger charge is -2.29. The lowest BCUT2D eigenvalue weighted by Crippen LogP contribution is -2.45. The van der Waals surface area contributed by atoms with E-state index in [0.29, 0.717) is 19.6 Å². The van der Waals surface area contributed by atoms with E-state index in [9.17, 15) is 9.59 Å². The molecule has 0 aromatic carbocycles. The largest absolute Gasteiger partial charge is 0.464 e. The monoisotopic (exact) mass is 413 g/mol. The lowest BCUT2D eigenvalue weighted by atomic mass is 9.76. The van der Waals surface area contributed by atoms with Crippen LogP contribution in [0, 0.1) is 18.8 Å². The third-order valence-corrected chi connectivity index (χ3v) is 7.16. The summed E-state index contributed by atoms with van der Waals surface area (Å²) in [6, 6.07) is 3.79. The number of piperidine rings is 1. The van der Waals surface area contributed by atoms with E-state index >= 15 is 0 Å². The van der Waals surface area contributed by atoms with Gasteiger partial charge in [-0.3, -0.25) is 9.59 Å². The predicted octanol–water partition coefficient (Wildman–Crippen LogP) is 1.81. The second-order valence-electron chi connectivity index (χ2n) is 9.27. The minimum Gasteiger partial charge on any atom is -0.464 e. The van der Waals surface area contributed by atoms with E-state index in [1.807, 2.05) is 36.1 Å².